The first-order chi connectivity index (χ1) is 22.4. The Balaban J connectivity index is 1.89. The van der Waals surface area contributed by atoms with Crippen molar-refractivity contribution in [1.82, 2.24) is 0 Å². The molecule has 4 rings (SSSR count). The third kappa shape index (κ3) is 8.26. The molecule has 10 nitrogen and oxygen atoms in total. The number of carbonyl (C=O) groups is 3. The normalized spacial score (nSPS) is 20.8. The lowest BCUT2D eigenvalue weighted by molar-refractivity contribution is -0.150. The minimum Gasteiger partial charge on any atom is -0.492 e. The number of benzene rings is 3. The molecule has 3 N–H and O–H groups in total. The highest BCUT2D eigenvalue weighted by atomic mass is 79.9. The SMILES string of the molecule is CCOc1ccccc1NC(=O)C1C(=O)CC(C)(O)C(C(=O)Nc2ccccc2OCC)C1c1cc(Br)c(OC(C)C)c(OCC)c1. The second-order valence-corrected chi connectivity index (χ2v) is 12.6. The number of hydrogen-bond donors (Lipinski definition) is 3. The Morgan fingerprint density at radius 1 is 0.872 bits per heavy atom. The number of carbonyl (C=O) groups excluding carboxylic acids is 3. The van der Waals surface area contributed by atoms with Crippen LogP contribution < -0.4 is 29.6 Å². The van der Waals surface area contributed by atoms with Crippen LogP contribution in [0.2, 0.25) is 0 Å². The molecule has 4 unspecified atom stereocenters. The van der Waals surface area contributed by atoms with Gasteiger partial charge < -0.3 is 34.7 Å². The number of halogens is 1. The zero-order valence-electron chi connectivity index (χ0n) is 27.6. The molecule has 47 heavy (non-hydrogen) atoms. The van der Waals surface area contributed by atoms with E-state index >= 15 is 0 Å². The van der Waals surface area contributed by atoms with E-state index in [-0.39, 0.29) is 6.10 Å². The largest absolute Gasteiger partial charge is 0.492 e. The maximum Gasteiger partial charge on any atom is 0.235 e. The molecule has 3 aromatic carbocycles. The van der Waals surface area contributed by atoms with Crippen molar-refractivity contribution in [2.45, 2.75) is 65.6 Å². The quantitative estimate of drug-likeness (QED) is 0.166. The van der Waals surface area contributed by atoms with E-state index in [0.29, 0.717) is 64.2 Å². The second kappa shape index (κ2) is 15.7. The summed E-state index contributed by atoms with van der Waals surface area (Å²) in [5.41, 5.74) is -0.611. The minimum atomic E-state index is -1.82. The third-order valence-electron chi connectivity index (χ3n) is 7.79. The number of ketones is 1. The van der Waals surface area contributed by atoms with Crippen molar-refractivity contribution in [3.05, 3.63) is 70.7 Å². The molecule has 3 aromatic rings. The number of anilines is 2. The van der Waals surface area contributed by atoms with Gasteiger partial charge in [-0.1, -0.05) is 24.3 Å². The molecule has 2 amide bonds. The van der Waals surface area contributed by atoms with Crippen molar-refractivity contribution in [3.63, 3.8) is 0 Å². The average Bonchev–Trinajstić information content (AvgIpc) is 3.00. The number of rotatable bonds is 13. The predicted octanol–water partition coefficient (Wildman–Crippen LogP) is 6.75. The van der Waals surface area contributed by atoms with E-state index < -0.39 is 47.4 Å². The number of nitrogens with one attached hydrogen (secondary N) is 2. The summed E-state index contributed by atoms with van der Waals surface area (Å²) in [6.45, 7) is 11.7. The van der Waals surface area contributed by atoms with E-state index in [1.807, 2.05) is 34.6 Å². The molecule has 0 aliphatic heterocycles. The van der Waals surface area contributed by atoms with E-state index in [1.165, 1.54) is 6.92 Å². The van der Waals surface area contributed by atoms with Crippen LogP contribution >= 0.6 is 15.9 Å². The van der Waals surface area contributed by atoms with Crippen LogP contribution in [0.5, 0.6) is 23.0 Å². The molecule has 0 bridgehead atoms. The highest BCUT2D eigenvalue weighted by molar-refractivity contribution is 9.10. The summed E-state index contributed by atoms with van der Waals surface area (Å²) in [5, 5.41) is 17.6. The summed E-state index contributed by atoms with van der Waals surface area (Å²) in [4.78, 5) is 42.5. The van der Waals surface area contributed by atoms with Crippen LogP contribution in [0.25, 0.3) is 0 Å². The highest BCUT2D eigenvalue weighted by Gasteiger charge is 2.56. The van der Waals surface area contributed by atoms with Crippen LogP contribution in [0.3, 0.4) is 0 Å². The molecule has 0 aromatic heterocycles. The Morgan fingerprint density at radius 3 is 1.91 bits per heavy atom. The van der Waals surface area contributed by atoms with E-state index in [0.717, 1.165) is 0 Å². The van der Waals surface area contributed by atoms with Gasteiger partial charge in [-0.2, -0.15) is 0 Å². The topological polar surface area (TPSA) is 132 Å². The first kappa shape index (κ1) is 35.8. The summed E-state index contributed by atoms with van der Waals surface area (Å²) in [7, 11) is 0. The Morgan fingerprint density at radius 2 is 1.38 bits per heavy atom. The van der Waals surface area contributed by atoms with Gasteiger partial charge in [0.25, 0.3) is 0 Å². The van der Waals surface area contributed by atoms with Crippen LogP contribution in [0.1, 0.15) is 59.4 Å². The minimum absolute atomic E-state index is 0.179. The highest BCUT2D eigenvalue weighted by Crippen LogP contribution is 2.50. The van der Waals surface area contributed by atoms with Gasteiger partial charge in [0.1, 0.15) is 23.2 Å². The van der Waals surface area contributed by atoms with Gasteiger partial charge in [0.15, 0.2) is 11.5 Å². The number of ether oxygens (including phenoxy) is 4. The maximum absolute atomic E-state index is 14.3. The number of Topliss-reactive ketones (excluding diaryl/α,β-unsaturated/α-hetero) is 1. The van der Waals surface area contributed by atoms with Crippen molar-refractivity contribution in [1.29, 1.82) is 0 Å². The standard InChI is InChI=1S/C36H43BrN2O8/c1-7-44-27-16-12-10-14-24(27)38-34(41)31-26(40)20-36(6,43)32(35(42)39-25-15-11-13-17-28(25)45-8-2)30(31)22-18-23(37)33(47-21(4)5)29(19-22)46-9-3/h10-19,21,30-32,43H,7-9,20H2,1-6H3,(H,38,41)(H,39,42). The molecule has 1 fully saturated rings. The third-order valence-corrected chi connectivity index (χ3v) is 8.38. The van der Waals surface area contributed by atoms with Gasteiger partial charge in [-0.15, -0.1) is 0 Å². The van der Waals surface area contributed by atoms with Crippen LogP contribution in [-0.4, -0.2) is 54.2 Å². The summed E-state index contributed by atoms with van der Waals surface area (Å²) in [6.07, 6.45) is -0.602. The molecule has 1 aliphatic carbocycles. The zero-order chi connectivity index (χ0) is 34.3. The molecular weight excluding hydrogens is 668 g/mol. The molecule has 0 radical (unpaired) electrons. The van der Waals surface area contributed by atoms with Crippen LogP contribution in [-0.2, 0) is 14.4 Å². The lowest BCUT2D eigenvalue weighted by atomic mass is 9.61. The molecule has 0 heterocycles. The van der Waals surface area contributed by atoms with Crippen molar-refractivity contribution in [2.24, 2.45) is 11.8 Å². The van der Waals surface area contributed by atoms with Crippen LogP contribution in [0.15, 0.2) is 65.1 Å². The monoisotopic (exact) mass is 710 g/mol. The first-order valence-corrected chi connectivity index (χ1v) is 16.6. The van der Waals surface area contributed by atoms with Gasteiger partial charge in [0.05, 0.1) is 53.3 Å². The average molecular weight is 712 g/mol. The molecule has 1 saturated carbocycles. The Hall–Kier alpha value is -4.09. The fourth-order valence-electron chi connectivity index (χ4n) is 6.01. The van der Waals surface area contributed by atoms with Gasteiger partial charge in [-0.25, -0.2) is 0 Å². The number of aliphatic hydroxyl groups is 1. The molecular formula is C36H43BrN2O8. The molecule has 4 atom stereocenters. The summed E-state index contributed by atoms with van der Waals surface area (Å²) < 4.78 is 23.9. The fraction of sp³-hybridized carbons (Fsp3) is 0.417. The van der Waals surface area contributed by atoms with Gasteiger partial charge >= 0.3 is 0 Å². The lowest BCUT2D eigenvalue weighted by Gasteiger charge is -2.44. The van der Waals surface area contributed by atoms with Gasteiger partial charge in [0.2, 0.25) is 11.8 Å². The summed E-state index contributed by atoms with van der Waals surface area (Å²) in [5.74, 6) is -3.77. The van der Waals surface area contributed by atoms with E-state index in [9.17, 15) is 19.5 Å². The van der Waals surface area contributed by atoms with Gasteiger partial charge in [-0.05, 0) is 99.4 Å². The first-order valence-electron chi connectivity index (χ1n) is 15.8. The molecule has 252 valence electrons. The Labute approximate surface area is 284 Å². The van der Waals surface area contributed by atoms with Crippen LogP contribution in [0, 0.1) is 11.8 Å². The number of hydrogen-bond acceptors (Lipinski definition) is 8. The van der Waals surface area contributed by atoms with Crippen molar-refractivity contribution < 1.29 is 38.4 Å². The van der Waals surface area contributed by atoms with E-state index in [4.69, 9.17) is 18.9 Å². The van der Waals surface area contributed by atoms with Crippen molar-refractivity contribution in [3.8, 4) is 23.0 Å². The second-order valence-electron chi connectivity index (χ2n) is 11.7. The molecule has 0 spiro atoms. The van der Waals surface area contributed by atoms with E-state index in [2.05, 4.69) is 26.6 Å². The smallest absolute Gasteiger partial charge is 0.235 e. The van der Waals surface area contributed by atoms with Gasteiger partial charge in [-0.3, -0.25) is 14.4 Å². The van der Waals surface area contributed by atoms with E-state index in [1.54, 1.807) is 60.7 Å². The zero-order valence-corrected chi connectivity index (χ0v) is 29.2. The molecule has 1 aliphatic rings. The molecule has 11 heteroatoms. The van der Waals surface area contributed by atoms with Gasteiger partial charge in [0, 0.05) is 12.3 Å². The predicted molar refractivity (Wildman–Crippen MR) is 184 cm³/mol. The molecule has 0 saturated heterocycles. The van der Waals surface area contributed by atoms with Crippen molar-refractivity contribution >= 4 is 44.9 Å². The number of amides is 2. The maximum atomic E-state index is 14.3. The lowest BCUT2D eigenvalue weighted by Crippen LogP contribution is -2.56. The van der Waals surface area contributed by atoms with Crippen LogP contribution in [0.4, 0.5) is 11.4 Å². The Bertz CT molecular complexity index is 1590. The Kier molecular flexibility index (Phi) is 11.9. The van der Waals surface area contributed by atoms with Crippen molar-refractivity contribution in [2.75, 3.05) is 30.5 Å². The summed E-state index contributed by atoms with van der Waals surface area (Å²) in [6, 6.07) is 17.3. The summed E-state index contributed by atoms with van der Waals surface area (Å²) >= 11 is 3.60. The number of para-hydroxylation sites is 4. The fourth-order valence-corrected chi connectivity index (χ4v) is 6.56.